The molecule has 0 aliphatic carbocycles. The Morgan fingerprint density at radius 2 is 2.08 bits per heavy atom. The molecule has 0 saturated carbocycles. The average Bonchev–Trinajstić information content (AvgIpc) is 2.01. The highest BCUT2D eigenvalue weighted by atomic mass is 79.9. The predicted octanol–water partition coefficient (Wildman–Crippen LogP) is 2.94. The van der Waals surface area contributed by atoms with E-state index in [4.69, 9.17) is 5.26 Å². The first-order valence-corrected chi connectivity index (χ1v) is 8.38. The topological polar surface area (TPSA) is 23.8 Å². The molecule has 0 unspecified atom stereocenters. The summed E-state index contributed by atoms with van der Waals surface area (Å²) in [6, 6.07) is 3.30. The lowest BCUT2D eigenvalue weighted by molar-refractivity contribution is 0.948. The molecule has 0 aliphatic heterocycles. The Morgan fingerprint density at radius 3 is 2.58 bits per heavy atom. The second-order valence-corrected chi connectivity index (χ2v) is 8.41. The van der Waals surface area contributed by atoms with Gasteiger partial charge in [-0.25, -0.2) is 0 Å². The van der Waals surface area contributed by atoms with Crippen molar-refractivity contribution in [3.8, 4) is 17.5 Å². The number of nitriles is 1. The molecule has 0 rings (SSSR count). The standard InChI is InChI=1S/C9H14BrNSi/c1-12(2,9-5-6-10)8-4-3-7-11/h3-4,6,8H2,1-2H3. The Labute approximate surface area is 84.3 Å². The van der Waals surface area contributed by atoms with Crippen LogP contribution in [-0.2, 0) is 0 Å². The lowest BCUT2D eigenvalue weighted by atomic mass is 10.4. The van der Waals surface area contributed by atoms with Crippen LogP contribution in [-0.4, -0.2) is 13.4 Å². The van der Waals surface area contributed by atoms with Gasteiger partial charge in [0.2, 0.25) is 0 Å². The summed E-state index contributed by atoms with van der Waals surface area (Å²) >= 11 is 3.28. The summed E-state index contributed by atoms with van der Waals surface area (Å²) in [5.41, 5.74) is 3.30. The predicted molar refractivity (Wildman–Crippen MR) is 58.7 cm³/mol. The smallest absolute Gasteiger partial charge is 0.132 e. The fraction of sp³-hybridized carbons (Fsp3) is 0.667. The number of alkyl halides is 1. The molecule has 0 radical (unpaired) electrons. The fourth-order valence-corrected chi connectivity index (χ4v) is 3.10. The van der Waals surface area contributed by atoms with E-state index in [0.29, 0.717) is 6.42 Å². The minimum Gasteiger partial charge on any atom is -0.198 e. The van der Waals surface area contributed by atoms with Crippen LogP contribution < -0.4 is 0 Å². The minimum atomic E-state index is -1.30. The molecule has 3 heteroatoms. The van der Waals surface area contributed by atoms with Crippen LogP contribution in [0.25, 0.3) is 0 Å². The van der Waals surface area contributed by atoms with E-state index in [1.807, 2.05) is 0 Å². The zero-order valence-corrected chi connectivity index (χ0v) is 10.2. The highest BCUT2D eigenvalue weighted by Gasteiger charge is 2.16. The zero-order chi connectivity index (χ0) is 9.45. The van der Waals surface area contributed by atoms with Gasteiger partial charge in [-0.05, 0) is 12.5 Å². The van der Waals surface area contributed by atoms with Crippen molar-refractivity contribution in [2.75, 3.05) is 5.33 Å². The SMILES string of the molecule is C[Si](C)(C#CCBr)CCCC#N. The first kappa shape index (κ1) is 11.7. The number of hydrogen-bond donors (Lipinski definition) is 0. The van der Waals surface area contributed by atoms with E-state index in [2.05, 4.69) is 46.6 Å². The quantitative estimate of drug-likeness (QED) is 0.324. The van der Waals surface area contributed by atoms with Gasteiger partial charge in [0.05, 0.1) is 11.4 Å². The summed E-state index contributed by atoms with van der Waals surface area (Å²) in [4.78, 5) is 0. The summed E-state index contributed by atoms with van der Waals surface area (Å²) < 4.78 is 0. The van der Waals surface area contributed by atoms with Gasteiger partial charge in [0.15, 0.2) is 0 Å². The third-order valence-electron chi connectivity index (χ3n) is 1.58. The molecular formula is C9H14BrNSi. The van der Waals surface area contributed by atoms with Gasteiger partial charge in [0.1, 0.15) is 8.07 Å². The summed E-state index contributed by atoms with van der Waals surface area (Å²) in [5.74, 6) is 3.06. The zero-order valence-electron chi connectivity index (χ0n) is 7.65. The van der Waals surface area contributed by atoms with E-state index in [1.165, 1.54) is 0 Å². The van der Waals surface area contributed by atoms with Gasteiger partial charge in [0, 0.05) is 6.42 Å². The number of rotatable bonds is 3. The van der Waals surface area contributed by atoms with E-state index in [-0.39, 0.29) is 0 Å². The molecule has 12 heavy (non-hydrogen) atoms. The minimum absolute atomic E-state index is 0.673. The molecular weight excluding hydrogens is 230 g/mol. The molecule has 0 N–H and O–H groups in total. The molecule has 0 bridgehead atoms. The lowest BCUT2D eigenvalue weighted by Crippen LogP contribution is -2.22. The number of hydrogen-bond acceptors (Lipinski definition) is 1. The van der Waals surface area contributed by atoms with Gasteiger partial charge in [-0.15, -0.1) is 5.54 Å². The molecule has 0 aromatic carbocycles. The average molecular weight is 244 g/mol. The molecule has 0 aromatic heterocycles. The maximum absolute atomic E-state index is 8.36. The normalized spacial score (nSPS) is 9.83. The Bertz CT molecular complexity index is 219. The van der Waals surface area contributed by atoms with E-state index >= 15 is 0 Å². The summed E-state index contributed by atoms with van der Waals surface area (Å²) in [5, 5.41) is 9.13. The van der Waals surface area contributed by atoms with Gasteiger partial charge in [-0.2, -0.15) is 5.26 Å². The maximum atomic E-state index is 8.36. The molecule has 0 atom stereocenters. The van der Waals surface area contributed by atoms with Gasteiger partial charge < -0.3 is 0 Å². The second-order valence-electron chi connectivity index (χ2n) is 3.33. The highest BCUT2D eigenvalue weighted by Crippen LogP contribution is 2.11. The Hall–Kier alpha value is -0.253. The number of nitrogens with zero attached hydrogens (tertiary/aromatic N) is 1. The first-order chi connectivity index (χ1) is 5.62. The molecule has 0 spiro atoms. The van der Waals surface area contributed by atoms with Gasteiger partial charge in [0.25, 0.3) is 0 Å². The summed E-state index contributed by atoms with van der Waals surface area (Å²) in [7, 11) is -1.30. The summed E-state index contributed by atoms with van der Waals surface area (Å²) in [6.45, 7) is 4.50. The van der Waals surface area contributed by atoms with Crippen molar-refractivity contribution in [2.45, 2.75) is 32.0 Å². The van der Waals surface area contributed by atoms with Crippen LogP contribution in [0.15, 0.2) is 0 Å². The largest absolute Gasteiger partial charge is 0.198 e. The molecule has 1 nitrogen and oxygen atoms in total. The van der Waals surface area contributed by atoms with Crippen LogP contribution in [0.1, 0.15) is 12.8 Å². The molecule has 0 aliphatic rings. The van der Waals surface area contributed by atoms with E-state index in [1.54, 1.807) is 0 Å². The Balaban J connectivity index is 3.80. The lowest BCUT2D eigenvalue weighted by Gasteiger charge is -2.12. The fourth-order valence-electron chi connectivity index (χ4n) is 0.945. The number of unbranched alkanes of at least 4 members (excludes halogenated alkanes) is 1. The van der Waals surface area contributed by atoms with E-state index in [0.717, 1.165) is 17.8 Å². The van der Waals surface area contributed by atoms with Gasteiger partial charge in [-0.3, -0.25) is 0 Å². The van der Waals surface area contributed by atoms with Gasteiger partial charge in [-0.1, -0.05) is 34.9 Å². The van der Waals surface area contributed by atoms with Crippen LogP contribution in [0, 0.1) is 22.8 Å². The maximum Gasteiger partial charge on any atom is 0.132 e. The van der Waals surface area contributed by atoms with Crippen molar-refractivity contribution in [3.63, 3.8) is 0 Å². The van der Waals surface area contributed by atoms with E-state index in [9.17, 15) is 0 Å². The summed E-state index contributed by atoms with van der Waals surface area (Å²) in [6.07, 6.45) is 1.68. The third-order valence-corrected chi connectivity index (χ3v) is 4.32. The molecule has 0 amide bonds. The van der Waals surface area contributed by atoms with Crippen molar-refractivity contribution < 1.29 is 0 Å². The van der Waals surface area contributed by atoms with Gasteiger partial charge >= 0.3 is 0 Å². The van der Waals surface area contributed by atoms with Crippen LogP contribution >= 0.6 is 15.9 Å². The van der Waals surface area contributed by atoms with Crippen molar-refractivity contribution in [2.24, 2.45) is 0 Å². The molecule has 0 fully saturated rings. The highest BCUT2D eigenvalue weighted by molar-refractivity contribution is 9.09. The van der Waals surface area contributed by atoms with Crippen LogP contribution in [0.2, 0.25) is 19.1 Å². The Morgan fingerprint density at radius 1 is 1.42 bits per heavy atom. The van der Waals surface area contributed by atoms with Crippen molar-refractivity contribution in [1.29, 1.82) is 5.26 Å². The molecule has 0 aromatic rings. The Kier molecular flexibility index (Phi) is 6.15. The van der Waals surface area contributed by atoms with E-state index < -0.39 is 8.07 Å². The number of halogens is 1. The van der Waals surface area contributed by atoms with Crippen LogP contribution in [0.5, 0.6) is 0 Å². The van der Waals surface area contributed by atoms with Crippen LogP contribution in [0.4, 0.5) is 0 Å². The molecule has 66 valence electrons. The first-order valence-electron chi connectivity index (χ1n) is 4.05. The van der Waals surface area contributed by atoms with Crippen molar-refractivity contribution >= 4 is 24.0 Å². The molecule has 0 heterocycles. The monoisotopic (exact) mass is 243 g/mol. The molecule has 0 saturated heterocycles. The third kappa shape index (κ3) is 6.46. The van der Waals surface area contributed by atoms with Crippen molar-refractivity contribution in [1.82, 2.24) is 0 Å². The van der Waals surface area contributed by atoms with Crippen LogP contribution in [0.3, 0.4) is 0 Å². The second kappa shape index (κ2) is 6.28. The van der Waals surface area contributed by atoms with Crippen molar-refractivity contribution in [3.05, 3.63) is 0 Å².